The first-order valence-corrected chi connectivity index (χ1v) is 8.81. The molecular weight excluding hydrogens is 344 g/mol. The molecule has 0 fully saturated rings. The lowest BCUT2D eigenvalue weighted by molar-refractivity contribution is -0.114. The van der Waals surface area contributed by atoms with Gasteiger partial charge in [-0.05, 0) is 56.2 Å². The van der Waals surface area contributed by atoms with Crippen LogP contribution in [0.25, 0.3) is 11.1 Å². The summed E-state index contributed by atoms with van der Waals surface area (Å²) in [5, 5.41) is 5.39. The van der Waals surface area contributed by atoms with E-state index in [0.29, 0.717) is 13.2 Å². The van der Waals surface area contributed by atoms with E-state index in [1.807, 2.05) is 69.3 Å². The van der Waals surface area contributed by atoms with E-state index in [1.54, 1.807) is 0 Å². The summed E-state index contributed by atoms with van der Waals surface area (Å²) in [6.07, 6.45) is -0.454. The van der Waals surface area contributed by atoms with E-state index in [2.05, 4.69) is 10.6 Å². The predicted octanol–water partition coefficient (Wildman–Crippen LogP) is 4.22. The molecule has 0 heterocycles. The number of alkyl carbamates (subject to hydrolysis) is 1. The molecule has 6 heteroatoms. The maximum absolute atomic E-state index is 11.5. The first-order chi connectivity index (χ1) is 12.7. The van der Waals surface area contributed by atoms with Crippen LogP contribution in [-0.4, -0.2) is 30.8 Å². The Bertz CT molecular complexity index is 762. The lowest BCUT2D eigenvalue weighted by Crippen LogP contribution is -2.34. The second-order valence-electron chi connectivity index (χ2n) is 7.06. The summed E-state index contributed by atoms with van der Waals surface area (Å²) in [5.74, 6) is 0.630. The van der Waals surface area contributed by atoms with Gasteiger partial charge in [0.15, 0.2) is 0 Å². The molecule has 0 aliphatic carbocycles. The normalized spacial score (nSPS) is 10.8. The Labute approximate surface area is 159 Å². The maximum Gasteiger partial charge on any atom is 0.407 e. The summed E-state index contributed by atoms with van der Waals surface area (Å²) < 4.78 is 10.8. The Hall–Kier alpha value is -3.02. The van der Waals surface area contributed by atoms with Crippen molar-refractivity contribution >= 4 is 17.7 Å². The van der Waals surface area contributed by atoms with E-state index in [0.717, 1.165) is 22.6 Å². The van der Waals surface area contributed by atoms with Crippen molar-refractivity contribution in [2.75, 3.05) is 18.5 Å². The van der Waals surface area contributed by atoms with Crippen molar-refractivity contribution in [2.45, 2.75) is 33.3 Å². The standard InChI is InChI=1S/C21H26N2O4/c1-15(24)23-18-9-5-16(6-10-18)17-7-11-19(12-8-17)26-14-13-22-20(25)27-21(2,3)4/h5-12H,13-14H2,1-4H3,(H,22,25)(H,23,24). The number of ether oxygens (including phenoxy) is 2. The molecule has 0 aliphatic rings. The summed E-state index contributed by atoms with van der Waals surface area (Å²) >= 11 is 0. The largest absolute Gasteiger partial charge is 0.492 e. The molecule has 27 heavy (non-hydrogen) atoms. The van der Waals surface area contributed by atoms with E-state index in [1.165, 1.54) is 6.92 Å². The number of hydrogen-bond acceptors (Lipinski definition) is 4. The van der Waals surface area contributed by atoms with E-state index in [-0.39, 0.29) is 5.91 Å². The van der Waals surface area contributed by atoms with Crippen LogP contribution in [0.5, 0.6) is 5.75 Å². The average molecular weight is 370 g/mol. The number of amides is 2. The summed E-state index contributed by atoms with van der Waals surface area (Å²) in [6.45, 7) is 7.65. The maximum atomic E-state index is 11.5. The Morgan fingerprint density at radius 2 is 1.48 bits per heavy atom. The van der Waals surface area contributed by atoms with Gasteiger partial charge in [0.05, 0.1) is 6.54 Å². The topological polar surface area (TPSA) is 76.7 Å². The SMILES string of the molecule is CC(=O)Nc1ccc(-c2ccc(OCCNC(=O)OC(C)(C)C)cc2)cc1. The lowest BCUT2D eigenvalue weighted by Gasteiger charge is -2.19. The minimum atomic E-state index is -0.513. The van der Waals surface area contributed by atoms with Crippen molar-refractivity contribution in [3.05, 3.63) is 48.5 Å². The van der Waals surface area contributed by atoms with Crippen LogP contribution in [0.4, 0.5) is 10.5 Å². The zero-order valence-corrected chi connectivity index (χ0v) is 16.2. The highest BCUT2D eigenvalue weighted by molar-refractivity contribution is 5.89. The van der Waals surface area contributed by atoms with Crippen molar-refractivity contribution in [3.63, 3.8) is 0 Å². The molecule has 144 valence electrons. The van der Waals surface area contributed by atoms with E-state index in [9.17, 15) is 9.59 Å². The van der Waals surface area contributed by atoms with E-state index >= 15 is 0 Å². The van der Waals surface area contributed by atoms with Crippen molar-refractivity contribution in [3.8, 4) is 16.9 Å². The zero-order valence-electron chi connectivity index (χ0n) is 16.2. The fourth-order valence-electron chi connectivity index (χ4n) is 2.33. The van der Waals surface area contributed by atoms with Gasteiger partial charge in [-0.25, -0.2) is 4.79 Å². The molecule has 0 radical (unpaired) electrons. The molecular formula is C21H26N2O4. The van der Waals surface area contributed by atoms with Gasteiger partial charge in [0, 0.05) is 12.6 Å². The molecule has 0 saturated carbocycles. The van der Waals surface area contributed by atoms with Crippen molar-refractivity contribution in [1.82, 2.24) is 5.32 Å². The van der Waals surface area contributed by atoms with Gasteiger partial charge in [-0.2, -0.15) is 0 Å². The first kappa shape index (κ1) is 20.3. The smallest absolute Gasteiger partial charge is 0.407 e. The van der Waals surface area contributed by atoms with Gasteiger partial charge in [0.2, 0.25) is 5.91 Å². The van der Waals surface area contributed by atoms with Crippen LogP contribution in [0.1, 0.15) is 27.7 Å². The first-order valence-electron chi connectivity index (χ1n) is 8.81. The van der Waals surface area contributed by atoms with Gasteiger partial charge < -0.3 is 20.1 Å². The molecule has 0 spiro atoms. The van der Waals surface area contributed by atoms with Crippen LogP contribution in [-0.2, 0) is 9.53 Å². The number of rotatable bonds is 6. The van der Waals surface area contributed by atoms with Crippen LogP contribution < -0.4 is 15.4 Å². The van der Waals surface area contributed by atoms with Gasteiger partial charge in [0.25, 0.3) is 0 Å². The van der Waals surface area contributed by atoms with Crippen molar-refractivity contribution in [1.29, 1.82) is 0 Å². The number of carbonyl (C=O) groups excluding carboxylic acids is 2. The van der Waals surface area contributed by atoms with E-state index < -0.39 is 11.7 Å². The zero-order chi connectivity index (χ0) is 19.9. The van der Waals surface area contributed by atoms with Crippen LogP contribution in [0.15, 0.2) is 48.5 Å². The number of nitrogens with one attached hydrogen (secondary N) is 2. The number of anilines is 1. The second-order valence-corrected chi connectivity index (χ2v) is 7.06. The van der Waals surface area contributed by atoms with Gasteiger partial charge >= 0.3 is 6.09 Å². The molecule has 2 aromatic rings. The van der Waals surface area contributed by atoms with Crippen molar-refractivity contribution in [2.24, 2.45) is 0 Å². The third kappa shape index (κ3) is 7.40. The summed E-state index contributed by atoms with van der Waals surface area (Å²) in [4.78, 5) is 22.6. The van der Waals surface area contributed by atoms with Crippen LogP contribution in [0.3, 0.4) is 0 Å². The van der Waals surface area contributed by atoms with Gasteiger partial charge in [0.1, 0.15) is 18.0 Å². The fourth-order valence-corrected chi connectivity index (χ4v) is 2.33. The van der Waals surface area contributed by atoms with Crippen LogP contribution >= 0.6 is 0 Å². The highest BCUT2D eigenvalue weighted by Crippen LogP contribution is 2.24. The van der Waals surface area contributed by atoms with Gasteiger partial charge in [-0.3, -0.25) is 4.79 Å². The second kappa shape index (κ2) is 9.07. The lowest BCUT2D eigenvalue weighted by atomic mass is 10.1. The highest BCUT2D eigenvalue weighted by Gasteiger charge is 2.15. The molecule has 0 aromatic heterocycles. The quantitative estimate of drug-likeness (QED) is 0.747. The molecule has 0 bridgehead atoms. The minimum absolute atomic E-state index is 0.0922. The molecule has 2 N–H and O–H groups in total. The summed E-state index contributed by atoms with van der Waals surface area (Å²) in [5.41, 5.74) is 2.34. The third-order valence-electron chi connectivity index (χ3n) is 3.43. The molecule has 6 nitrogen and oxygen atoms in total. The minimum Gasteiger partial charge on any atom is -0.492 e. The number of carbonyl (C=O) groups is 2. The molecule has 0 saturated heterocycles. The molecule has 2 aromatic carbocycles. The molecule has 0 aliphatic heterocycles. The van der Waals surface area contributed by atoms with Crippen LogP contribution in [0.2, 0.25) is 0 Å². The molecule has 2 rings (SSSR count). The highest BCUT2D eigenvalue weighted by atomic mass is 16.6. The average Bonchev–Trinajstić information content (AvgIpc) is 2.58. The monoisotopic (exact) mass is 370 g/mol. The van der Waals surface area contributed by atoms with E-state index in [4.69, 9.17) is 9.47 Å². The van der Waals surface area contributed by atoms with Crippen LogP contribution in [0, 0.1) is 0 Å². The molecule has 0 unspecified atom stereocenters. The van der Waals surface area contributed by atoms with Gasteiger partial charge in [-0.1, -0.05) is 24.3 Å². The Morgan fingerprint density at radius 1 is 0.926 bits per heavy atom. The molecule has 2 amide bonds. The summed E-state index contributed by atoms with van der Waals surface area (Å²) in [7, 11) is 0. The van der Waals surface area contributed by atoms with Crippen molar-refractivity contribution < 1.29 is 19.1 Å². The van der Waals surface area contributed by atoms with Gasteiger partial charge in [-0.15, -0.1) is 0 Å². The molecule has 0 atom stereocenters. The Balaban J connectivity index is 1.81. The number of hydrogen-bond donors (Lipinski definition) is 2. The predicted molar refractivity (Wildman–Crippen MR) is 106 cm³/mol. The third-order valence-corrected chi connectivity index (χ3v) is 3.43. The number of benzene rings is 2. The Morgan fingerprint density at radius 3 is 2.00 bits per heavy atom. The fraction of sp³-hybridized carbons (Fsp3) is 0.333. The Kier molecular flexibility index (Phi) is 6.82. The summed E-state index contributed by atoms with van der Waals surface area (Å²) in [6, 6.07) is 15.3.